The number of carbonyl (C=O) groups excluding carboxylic acids is 2. The van der Waals surface area contributed by atoms with Crippen molar-refractivity contribution in [3.05, 3.63) is 36.5 Å². The molecule has 6 heteroatoms. The molecule has 0 bridgehead atoms. The summed E-state index contributed by atoms with van der Waals surface area (Å²) in [4.78, 5) is 26.2. The highest BCUT2D eigenvalue weighted by molar-refractivity contribution is 5.77. The van der Waals surface area contributed by atoms with Gasteiger partial charge in [0.2, 0.25) is 5.91 Å². The lowest BCUT2D eigenvalue weighted by atomic mass is 10.0. The van der Waals surface area contributed by atoms with E-state index in [1.165, 1.54) is 180 Å². The number of esters is 1. The third-order valence-electron chi connectivity index (χ3n) is 12.9. The minimum Gasteiger partial charge on any atom is -0.462 e. The standard InChI is InChI=1S/C58H109NO5/c1-4-7-10-13-16-19-21-23-25-27-28-30-32-34-36-39-42-45-48-51-58(63)64-54(49-46-43-40-37-18-15-12-9-6-3)52-57(62)59-55(53-60)56(61)50-47-44-41-38-35-33-31-29-26-24-22-20-17-14-11-8-5-2/h15-16,18-19,23,25,54-56,60-61H,4-14,17,20-22,24,26-53H2,1-3H3,(H,59,62)/b18-15-,19-16-,25-23-. The lowest BCUT2D eigenvalue weighted by Gasteiger charge is -2.24. The third kappa shape index (κ3) is 46.6. The highest BCUT2D eigenvalue weighted by Crippen LogP contribution is 2.18. The Kier molecular flexibility index (Phi) is 50.5. The normalized spacial score (nSPS) is 13.4. The molecule has 0 rings (SSSR count). The Morgan fingerprint density at radius 2 is 0.812 bits per heavy atom. The first kappa shape index (κ1) is 62.1. The summed E-state index contributed by atoms with van der Waals surface area (Å²) in [7, 11) is 0. The van der Waals surface area contributed by atoms with Gasteiger partial charge in [0.15, 0.2) is 0 Å². The van der Waals surface area contributed by atoms with E-state index in [1.807, 2.05) is 0 Å². The number of rotatable bonds is 51. The predicted octanol–water partition coefficient (Wildman–Crippen LogP) is 17.2. The number of aliphatic hydroxyl groups is 2. The molecule has 6 nitrogen and oxygen atoms in total. The molecule has 3 unspecified atom stereocenters. The van der Waals surface area contributed by atoms with Crippen molar-refractivity contribution in [2.45, 2.75) is 315 Å². The Hall–Kier alpha value is -1.92. The quantitative estimate of drug-likeness (QED) is 0.0321. The van der Waals surface area contributed by atoms with E-state index in [4.69, 9.17) is 4.74 Å². The Balaban J connectivity index is 4.37. The Morgan fingerprint density at radius 1 is 0.453 bits per heavy atom. The first-order valence-electron chi connectivity index (χ1n) is 28.2. The van der Waals surface area contributed by atoms with Crippen molar-refractivity contribution in [2.75, 3.05) is 6.61 Å². The molecule has 3 N–H and O–H groups in total. The maximum atomic E-state index is 13.2. The number of amides is 1. The second kappa shape index (κ2) is 52.1. The molecule has 0 fully saturated rings. The molecule has 64 heavy (non-hydrogen) atoms. The first-order valence-corrected chi connectivity index (χ1v) is 28.2. The van der Waals surface area contributed by atoms with Crippen molar-refractivity contribution in [1.82, 2.24) is 5.32 Å². The number of ether oxygens (including phenoxy) is 1. The number of aliphatic hydroxyl groups excluding tert-OH is 2. The fourth-order valence-corrected chi connectivity index (χ4v) is 8.62. The lowest BCUT2D eigenvalue weighted by Crippen LogP contribution is -2.46. The van der Waals surface area contributed by atoms with Crippen LogP contribution < -0.4 is 5.32 Å². The zero-order valence-corrected chi connectivity index (χ0v) is 42.9. The summed E-state index contributed by atoms with van der Waals surface area (Å²) in [6.45, 7) is 6.44. The summed E-state index contributed by atoms with van der Waals surface area (Å²) < 4.78 is 5.93. The van der Waals surface area contributed by atoms with Crippen LogP contribution in [0.2, 0.25) is 0 Å². The van der Waals surface area contributed by atoms with E-state index in [1.54, 1.807) is 0 Å². The average Bonchev–Trinajstić information content (AvgIpc) is 3.29. The maximum absolute atomic E-state index is 13.2. The van der Waals surface area contributed by atoms with Crippen LogP contribution in [0.3, 0.4) is 0 Å². The van der Waals surface area contributed by atoms with Gasteiger partial charge in [0.1, 0.15) is 6.10 Å². The predicted molar refractivity (Wildman–Crippen MR) is 278 cm³/mol. The van der Waals surface area contributed by atoms with Gasteiger partial charge in [-0.15, -0.1) is 0 Å². The molecule has 376 valence electrons. The van der Waals surface area contributed by atoms with Crippen LogP contribution in [0.15, 0.2) is 36.5 Å². The molecule has 0 aromatic carbocycles. The van der Waals surface area contributed by atoms with E-state index < -0.39 is 18.2 Å². The monoisotopic (exact) mass is 900 g/mol. The molecule has 0 aliphatic heterocycles. The zero-order chi connectivity index (χ0) is 46.7. The molecular weight excluding hydrogens is 791 g/mol. The number of hydrogen-bond acceptors (Lipinski definition) is 5. The molecular formula is C58H109NO5. The Morgan fingerprint density at radius 3 is 1.30 bits per heavy atom. The smallest absolute Gasteiger partial charge is 0.306 e. The van der Waals surface area contributed by atoms with Crippen molar-refractivity contribution < 1.29 is 24.5 Å². The number of carbonyl (C=O) groups is 2. The van der Waals surface area contributed by atoms with Crippen LogP contribution in [0.1, 0.15) is 297 Å². The van der Waals surface area contributed by atoms with Crippen molar-refractivity contribution >= 4 is 11.9 Å². The van der Waals surface area contributed by atoms with E-state index in [-0.39, 0.29) is 24.9 Å². The van der Waals surface area contributed by atoms with Gasteiger partial charge in [-0.2, -0.15) is 0 Å². The van der Waals surface area contributed by atoms with Gasteiger partial charge in [-0.1, -0.05) is 243 Å². The van der Waals surface area contributed by atoms with E-state index in [0.29, 0.717) is 19.3 Å². The van der Waals surface area contributed by atoms with Crippen molar-refractivity contribution in [1.29, 1.82) is 0 Å². The number of nitrogens with one attached hydrogen (secondary N) is 1. The Bertz CT molecular complexity index is 1060. The van der Waals surface area contributed by atoms with Crippen molar-refractivity contribution in [2.24, 2.45) is 0 Å². The molecule has 1 amide bonds. The van der Waals surface area contributed by atoms with Crippen LogP contribution in [-0.2, 0) is 14.3 Å². The number of allylic oxidation sites excluding steroid dienone is 6. The van der Waals surface area contributed by atoms with Gasteiger partial charge in [0.05, 0.1) is 25.2 Å². The number of unbranched alkanes of at least 4 members (excludes halogenated alkanes) is 33. The minimum absolute atomic E-state index is 0.0673. The first-order chi connectivity index (χ1) is 31.5. The van der Waals surface area contributed by atoms with Crippen LogP contribution in [-0.4, -0.2) is 46.9 Å². The second-order valence-corrected chi connectivity index (χ2v) is 19.3. The second-order valence-electron chi connectivity index (χ2n) is 19.3. The van der Waals surface area contributed by atoms with E-state index in [9.17, 15) is 19.8 Å². The van der Waals surface area contributed by atoms with Gasteiger partial charge in [-0.25, -0.2) is 0 Å². The van der Waals surface area contributed by atoms with E-state index in [0.717, 1.165) is 70.6 Å². The highest BCUT2D eigenvalue weighted by atomic mass is 16.5. The molecule has 3 atom stereocenters. The molecule has 0 aromatic rings. The summed E-state index contributed by atoms with van der Waals surface area (Å²) in [6, 6.07) is -0.705. The fraction of sp³-hybridized carbons (Fsp3) is 0.862. The summed E-state index contributed by atoms with van der Waals surface area (Å²) >= 11 is 0. The molecule has 0 saturated heterocycles. The highest BCUT2D eigenvalue weighted by Gasteiger charge is 2.24. The van der Waals surface area contributed by atoms with Crippen LogP contribution in [0, 0.1) is 0 Å². The largest absolute Gasteiger partial charge is 0.462 e. The SMILES string of the molecule is CCCC/C=C\CCCCCC(CC(=O)NC(CO)C(O)CCCCCCCCCCCCCCCCCCC)OC(=O)CCCCCCCCCCC/C=C\C/C=C\CCCCC. The van der Waals surface area contributed by atoms with Gasteiger partial charge < -0.3 is 20.3 Å². The van der Waals surface area contributed by atoms with Gasteiger partial charge >= 0.3 is 5.97 Å². The average molecular weight is 901 g/mol. The van der Waals surface area contributed by atoms with Gasteiger partial charge in [0.25, 0.3) is 0 Å². The summed E-state index contributed by atoms with van der Waals surface area (Å²) in [5.74, 6) is -0.485. The van der Waals surface area contributed by atoms with Crippen LogP contribution in [0.4, 0.5) is 0 Å². The molecule has 0 saturated carbocycles. The van der Waals surface area contributed by atoms with Gasteiger partial charge in [-0.3, -0.25) is 9.59 Å². The van der Waals surface area contributed by atoms with Gasteiger partial charge in [-0.05, 0) is 77.0 Å². The van der Waals surface area contributed by atoms with E-state index in [2.05, 4.69) is 62.5 Å². The topological polar surface area (TPSA) is 95.9 Å². The van der Waals surface area contributed by atoms with Crippen molar-refractivity contribution in [3.8, 4) is 0 Å². The van der Waals surface area contributed by atoms with Gasteiger partial charge in [0, 0.05) is 6.42 Å². The van der Waals surface area contributed by atoms with Crippen LogP contribution >= 0.6 is 0 Å². The molecule has 0 aromatic heterocycles. The fourth-order valence-electron chi connectivity index (χ4n) is 8.62. The van der Waals surface area contributed by atoms with Crippen LogP contribution in [0.25, 0.3) is 0 Å². The van der Waals surface area contributed by atoms with E-state index >= 15 is 0 Å². The zero-order valence-electron chi connectivity index (χ0n) is 42.9. The minimum atomic E-state index is -0.790. The molecule has 0 aliphatic rings. The molecule has 0 radical (unpaired) electrons. The summed E-state index contributed by atoms with van der Waals surface area (Å²) in [5, 5.41) is 23.8. The van der Waals surface area contributed by atoms with Crippen molar-refractivity contribution in [3.63, 3.8) is 0 Å². The maximum Gasteiger partial charge on any atom is 0.306 e. The lowest BCUT2D eigenvalue weighted by molar-refractivity contribution is -0.151. The van der Waals surface area contributed by atoms with Crippen LogP contribution in [0.5, 0.6) is 0 Å². The third-order valence-corrected chi connectivity index (χ3v) is 12.9. The molecule has 0 heterocycles. The number of hydrogen-bond donors (Lipinski definition) is 3. The summed E-state index contributed by atoms with van der Waals surface area (Å²) in [6.07, 6.45) is 62.2. The summed E-state index contributed by atoms with van der Waals surface area (Å²) in [5.41, 5.74) is 0. The molecule has 0 spiro atoms. The Labute approximate surface area is 398 Å². The molecule has 0 aliphatic carbocycles.